The first kappa shape index (κ1) is 20.5. The molecule has 0 aliphatic carbocycles. The lowest BCUT2D eigenvalue weighted by atomic mass is 9.96. The summed E-state index contributed by atoms with van der Waals surface area (Å²) in [4.78, 5) is 18.1. The van der Waals surface area contributed by atoms with Crippen LogP contribution in [0.4, 0.5) is 0 Å². The van der Waals surface area contributed by atoms with Crippen LogP contribution in [0, 0.1) is 5.92 Å². The van der Waals surface area contributed by atoms with Crippen molar-refractivity contribution in [3.63, 3.8) is 0 Å². The quantitative estimate of drug-likeness (QED) is 0.643. The van der Waals surface area contributed by atoms with Crippen LogP contribution in [0.2, 0.25) is 0 Å². The van der Waals surface area contributed by atoms with Gasteiger partial charge in [-0.05, 0) is 61.8 Å². The van der Waals surface area contributed by atoms with Crippen LogP contribution in [0.25, 0.3) is 16.4 Å². The number of amides is 1. The largest absolute Gasteiger partial charge is 0.349 e. The number of carbonyl (C=O) groups is 1. The molecule has 0 saturated carbocycles. The van der Waals surface area contributed by atoms with Gasteiger partial charge in [0, 0.05) is 6.54 Å². The molecule has 4 rings (SSSR count). The van der Waals surface area contributed by atoms with Crippen molar-refractivity contribution < 1.29 is 4.79 Å². The fourth-order valence-corrected chi connectivity index (χ4v) is 4.06. The minimum Gasteiger partial charge on any atom is -0.349 e. The van der Waals surface area contributed by atoms with Gasteiger partial charge < -0.3 is 10.6 Å². The van der Waals surface area contributed by atoms with E-state index in [0.29, 0.717) is 18.3 Å². The van der Waals surface area contributed by atoms with Crippen LogP contribution in [0.5, 0.6) is 0 Å². The Kier molecular flexibility index (Phi) is 7.19. The van der Waals surface area contributed by atoms with Gasteiger partial charge in [0.2, 0.25) is 5.82 Å². The molecule has 1 aliphatic rings. The van der Waals surface area contributed by atoms with Crippen LogP contribution < -0.4 is 10.6 Å². The zero-order valence-electron chi connectivity index (χ0n) is 15.5. The third-order valence-corrected chi connectivity index (χ3v) is 5.66. The van der Waals surface area contributed by atoms with E-state index < -0.39 is 0 Å². The number of carbonyl (C=O) groups excluding carboxylic acids is 1. The second kappa shape index (κ2) is 9.82. The highest BCUT2D eigenvalue weighted by atomic mass is 35.5. The average Bonchev–Trinajstić information content (AvgIpc) is 3.39. The summed E-state index contributed by atoms with van der Waals surface area (Å²) in [6.07, 6.45) is 3.42. The van der Waals surface area contributed by atoms with E-state index in [2.05, 4.69) is 20.7 Å². The topological polar surface area (TPSA) is 71.8 Å². The van der Waals surface area contributed by atoms with Crippen LogP contribution in [0.1, 0.15) is 29.9 Å². The summed E-state index contributed by atoms with van der Waals surface area (Å²) in [5, 5.41) is 12.9. The summed E-state index contributed by atoms with van der Waals surface area (Å²) in [7, 11) is 0. The van der Waals surface area contributed by atoms with E-state index in [1.54, 1.807) is 16.0 Å². The standard InChI is InChI=1S/C20H23N5OS.ClH/c26-20(22-12-10-15-6-4-11-21-14-15)18-23-19(17-9-5-13-27-17)25(24-18)16-7-2-1-3-8-16;/h1-3,5,7-9,13,15,21H,4,6,10-12,14H2,(H,22,26);1H. The Morgan fingerprint density at radius 2 is 2.11 bits per heavy atom. The smallest absolute Gasteiger partial charge is 0.290 e. The van der Waals surface area contributed by atoms with Crippen LogP contribution in [-0.4, -0.2) is 40.3 Å². The Morgan fingerprint density at radius 1 is 1.25 bits per heavy atom. The van der Waals surface area contributed by atoms with E-state index >= 15 is 0 Å². The van der Waals surface area contributed by atoms with Crippen molar-refractivity contribution in [1.82, 2.24) is 25.4 Å². The summed E-state index contributed by atoms with van der Waals surface area (Å²) in [5.74, 6) is 1.32. The van der Waals surface area contributed by atoms with Gasteiger partial charge in [0.1, 0.15) is 0 Å². The lowest BCUT2D eigenvalue weighted by Crippen LogP contribution is -2.33. The fraction of sp³-hybridized carbons (Fsp3) is 0.350. The van der Waals surface area contributed by atoms with Gasteiger partial charge in [-0.2, -0.15) is 0 Å². The minimum absolute atomic E-state index is 0. The molecule has 0 spiro atoms. The molecule has 0 bridgehead atoms. The summed E-state index contributed by atoms with van der Waals surface area (Å²) in [6, 6.07) is 13.8. The van der Waals surface area contributed by atoms with Crippen molar-refractivity contribution in [2.75, 3.05) is 19.6 Å². The van der Waals surface area contributed by atoms with E-state index in [1.807, 2.05) is 47.8 Å². The molecule has 28 heavy (non-hydrogen) atoms. The molecule has 3 aromatic rings. The molecule has 8 heteroatoms. The zero-order chi connectivity index (χ0) is 18.5. The number of hydrogen-bond donors (Lipinski definition) is 2. The molecular formula is C20H24ClN5OS. The highest BCUT2D eigenvalue weighted by molar-refractivity contribution is 7.13. The molecule has 1 saturated heterocycles. The van der Waals surface area contributed by atoms with Gasteiger partial charge >= 0.3 is 0 Å². The summed E-state index contributed by atoms with van der Waals surface area (Å²) in [5.41, 5.74) is 0.890. The molecule has 1 amide bonds. The number of piperidine rings is 1. The number of rotatable bonds is 6. The molecule has 1 aliphatic heterocycles. The van der Waals surface area contributed by atoms with E-state index in [0.717, 1.165) is 30.1 Å². The number of halogens is 1. The molecule has 148 valence electrons. The molecule has 2 N–H and O–H groups in total. The molecule has 1 aromatic carbocycles. The van der Waals surface area contributed by atoms with E-state index in [4.69, 9.17) is 0 Å². The number of nitrogens with zero attached hydrogens (tertiary/aromatic N) is 3. The Balaban J connectivity index is 0.00000225. The first-order valence-electron chi connectivity index (χ1n) is 9.36. The van der Waals surface area contributed by atoms with E-state index in [-0.39, 0.29) is 24.1 Å². The van der Waals surface area contributed by atoms with Gasteiger partial charge in [-0.25, -0.2) is 9.67 Å². The summed E-state index contributed by atoms with van der Waals surface area (Å²) in [6.45, 7) is 2.80. The highest BCUT2D eigenvalue weighted by Gasteiger charge is 2.20. The summed E-state index contributed by atoms with van der Waals surface area (Å²) >= 11 is 1.58. The Hall–Kier alpha value is -2.22. The lowest BCUT2D eigenvalue weighted by Gasteiger charge is -2.22. The first-order chi connectivity index (χ1) is 13.3. The maximum Gasteiger partial charge on any atom is 0.290 e. The fourth-order valence-electron chi connectivity index (χ4n) is 3.36. The van der Waals surface area contributed by atoms with Crippen LogP contribution >= 0.6 is 23.7 Å². The number of nitrogens with one attached hydrogen (secondary N) is 2. The van der Waals surface area contributed by atoms with Gasteiger partial charge in [-0.1, -0.05) is 24.3 Å². The van der Waals surface area contributed by atoms with Crippen molar-refractivity contribution >= 4 is 29.7 Å². The van der Waals surface area contributed by atoms with Crippen LogP contribution in [-0.2, 0) is 0 Å². The Labute approximate surface area is 174 Å². The molecule has 1 unspecified atom stereocenters. The van der Waals surface area contributed by atoms with Crippen molar-refractivity contribution in [2.45, 2.75) is 19.3 Å². The number of aromatic nitrogens is 3. The maximum absolute atomic E-state index is 12.6. The van der Waals surface area contributed by atoms with Crippen LogP contribution in [0.3, 0.4) is 0 Å². The van der Waals surface area contributed by atoms with Gasteiger partial charge in [0.25, 0.3) is 5.91 Å². The van der Waals surface area contributed by atoms with Crippen molar-refractivity contribution in [3.05, 3.63) is 53.7 Å². The van der Waals surface area contributed by atoms with Crippen molar-refractivity contribution in [2.24, 2.45) is 5.92 Å². The third-order valence-electron chi connectivity index (χ3n) is 4.79. The minimum atomic E-state index is -0.216. The van der Waals surface area contributed by atoms with Gasteiger partial charge in [-0.3, -0.25) is 4.79 Å². The Morgan fingerprint density at radius 3 is 2.82 bits per heavy atom. The monoisotopic (exact) mass is 417 g/mol. The molecule has 0 radical (unpaired) electrons. The van der Waals surface area contributed by atoms with E-state index in [9.17, 15) is 4.79 Å². The number of thiophene rings is 1. The Bertz CT molecular complexity index is 875. The second-order valence-corrected chi connectivity index (χ2v) is 7.69. The highest BCUT2D eigenvalue weighted by Crippen LogP contribution is 2.25. The van der Waals surface area contributed by atoms with E-state index in [1.165, 1.54) is 12.8 Å². The van der Waals surface area contributed by atoms with Crippen LogP contribution in [0.15, 0.2) is 47.8 Å². The normalized spacial score (nSPS) is 16.4. The van der Waals surface area contributed by atoms with Gasteiger partial charge in [-0.15, -0.1) is 28.8 Å². The maximum atomic E-state index is 12.6. The molecule has 1 atom stereocenters. The lowest BCUT2D eigenvalue weighted by molar-refractivity contribution is 0.0940. The summed E-state index contributed by atoms with van der Waals surface area (Å²) < 4.78 is 1.74. The molecule has 6 nitrogen and oxygen atoms in total. The second-order valence-electron chi connectivity index (χ2n) is 6.74. The number of benzene rings is 1. The van der Waals surface area contributed by atoms with Gasteiger partial charge in [0.05, 0.1) is 10.6 Å². The molecule has 1 fully saturated rings. The average molecular weight is 418 g/mol. The number of hydrogen-bond acceptors (Lipinski definition) is 5. The predicted octanol–water partition coefficient (Wildman–Crippen LogP) is 3.54. The van der Waals surface area contributed by atoms with Gasteiger partial charge in [0.15, 0.2) is 5.82 Å². The zero-order valence-corrected chi connectivity index (χ0v) is 17.1. The first-order valence-corrected chi connectivity index (χ1v) is 10.2. The SMILES string of the molecule is Cl.O=C(NCCC1CCCNC1)c1nc(-c2cccs2)n(-c2ccccc2)n1. The number of para-hydroxylation sites is 1. The molecular weight excluding hydrogens is 394 g/mol. The third kappa shape index (κ3) is 4.79. The van der Waals surface area contributed by atoms with Crippen molar-refractivity contribution in [1.29, 1.82) is 0 Å². The van der Waals surface area contributed by atoms with Crippen molar-refractivity contribution in [3.8, 4) is 16.4 Å². The predicted molar refractivity (Wildman–Crippen MR) is 114 cm³/mol. The molecule has 2 aromatic heterocycles. The molecule has 3 heterocycles.